The van der Waals surface area contributed by atoms with Gasteiger partial charge in [0.1, 0.15) is 5.69 Å². The molecule has 0 atom stereocenters. The van der Waals surface area contributed by atoms with Gasteiger partial charge < -0.3 is 5.73 Å². The van der Waals surface area contributed by atoms with Gasteiger partial charge in [0, 0.05) is 10.3 Å². The van der Waals surface area contributed by atoms with Crippen molar-refractivity contribution in [2.24, 2.45) is 0 Å². The fraction of sp³-hybridized carbons (Fsp3) is 0.0870. The zero-order chi connectivity index (χ0) is 21.4. The Kier molecular flexibility index (Phi) is 4.65. The second-order valence-corrected chi connectivity index (χ2v) is 8.06. The van der Waals surface area contributed by atoms with Crippen molar-refractivity contribution >= 4 is 27.4 Å². The smallest absolute Gasteiger partial charge is 0.221 e. The lowest BCUT2D eigenvalue weighted by Crippen LogP contribution is -2.00. The summed E-state index contributed by atoms with van der Waals surface area (Å²) in [7, 11) is 0. The molecule has 0 saturated carbocycles. The van der Waals surface area contributed by atoms with Crippen LogP contribution in [0, 0.1) is 18.3 Å². The van der Waals surface area contributed by atoms with Crippen LogP contribution in [0.15, 0.2) is 60.1 Å². The summed E-state index contributed by atoms with van der Waals surface area (Å²) in [6.45, 7) is 2.51. The van der Waals surface area contributed by atoms with Crippen molar-refractivity contribution in [3.05, 3.63) is 76.8 Å². The molecular formula is C23H17N7S. The Hall–Kier alpha value is -4.09. The maximum atomic E-state index is 9.32. The van der Waals surface area contributed by atoms with E-state index in [1.54, 1.807) is 22.1 Å². The van der Waals surface area contributed by atoms with Crippen LogP contribution in [0.4, 0.5) is 5.95 Å². The van der Waals surface area contributed by atoms with Crippen molar-refractivity contribution in [1.82, 2.24) is 25.0 Å². The van der Waals surface area contributed by atoms with E-state index in [1.807, 2.05) is 43.5 Å². The first-order valence-electron chi connectivity index (χ1n) is 9.62. The lowest BCUT2D eigenvalue weighted by Gasteiger charge is -2.08. The van der Waals surface area contributed by atoms with Crippen LogP contribution in [-0.4, -0.2) is 25.0 Å². The van der Waals surface area contributed by atoms with Crippen LogP contribution in [0.25, 0.3) is 32.7 Å². The van der Waals surface area contributed by atoms with Gasteiger partial charge in [0.15, 0.2) is 0 Å². The molecule has 0 amide bonds. The molecule has 0 bridgehead atoms. The first-order chi connectivity index (χ1) is 15.1. The van der Waals surface area contributed by atoms with Gasteiger partial charge in [-0.1, -0.05) is 35.5 Å². The molecule has 0 radical (unpaired) electrons. The molecule has 3 aromatic heterocycles. The van der Waals surface area contributed by atoms with Gasteiger partial charge in [-0.3, -0.25) is 0 Å². The Morgan fingerprint density at radius 1 is 1.06 bits per heavy atom. The predicted octanol–water partition coefficient (Wildman–Crippen LogP) is 4.43. The molecule has 2 N–H and O–H groups in total. The number of aromatic nitrogens is 5. The predicted molar refractivity (Wildman–Crippen MR) is 121 cm³/mol. The van der Waals surface area contributed by atoms with E-state index < -0.39 is 0 Å². The van der Waals surface area contributed by atoms with E-state index in [-0.39, 0.29) is 5.95 Å². The number of thiophene rings is 1. The second-order valence-electron chi connectivity index (χ2n) is 7.15. The first kappa shape index (κ1) is 18.9. The van der Waals surface area contributed by atoms with E-state index in [9.17, 15) is 5.26 Å². The second kappa shape index (κ2) is 7.63. The topological polar surface area (TPSA) is 106 Å². The van der Waals surface area contributed by atoms with Crippen molar-refractivity contribution in [3.63, 3.8) is 0 Å². The van der Waals surface area contributed by atoms with Crippen LogP contribution in [-0.2, 0) is 6.54 Å². The number of nitrogens with two attached hydrogens (primary N) is 1. The number of anilines is 1. The maximum absolute atomic E-state index is 9.32. The average molecular weight is 424 g/mol. The molecule has 0 spiro atoms. The molecule has 31 heavy (non-hydrogen) atoms. The first-order valence-corrected chi connectivity index (χ1v) is 10.5. The summed E-state index contributed by atoms with van der Waals surface area (Å²) >= 11 is 1.72. The molecule has 0 fully saturated rings. The van der Waals surface area contributed by atoms with Crippen LogP contribution >= 0.6 is 11.3 Å². The molecule has 8 heteroatoms. The fourth-order valence-corrected chi connectivity index (χ4v) is 4.55. The van der Waals surface area contributed by atoms with Gasteiger partial charge >= 0.3 is 0 Å². The van der Waals surface area contributed by atoms with E-state index in [0.29, 0.717) is 29.2 Å². The number of hydrogen-bond acceptors (Lipinski definition) is 7. The van der Waals surface area contributed by atoms with Crippen molar-refractivity contribution in [2.45, 2.75) is 13.5 Å². The molecule has 0 aliphatic heterocycles. The molecule has 5 aromatic rings. The lowest BCUT2D eigenvalue weighted by molar-refractivity contribution is 0.653. The highest BCUT2D eigenvalue weighted by Crippen LogP contribution is 2.28. The van der Waals surface area contributed by atoms with Gasteiger partial charge in [-0.05, 0) is 47.0 Å². The Morgan fingerprint density at radius 3 is 2.77 bits per heavy atom. The maximum Gasteiger partial charge on any atom is 0.221 e. The molecule has 0 aliphatic carbocycles. The van der Waals surface area contributed by atoms with Gasteiger partial charge in [0.05, 0.1) is 35.8 Å². The van der Waals surface area contributed by atoms with E-state index in [2.05, 4.69) is 43.9 Å². The highest BCUT2D eigenvalue weighted by Gasteiger charge is 2.14. The molecule has 0 aliphatic rings. The largest absolute Gasteiger partial charge is 0.368 e. The number of nitriles is 1. The quantitative estimate of drug-likeness (QED) is 0.458. The summed E-state index contributed by atoms with van der Waals surface area (Å²) in [6.07, 6.45) is 1.86. The summed E-state index contributed by atoms with van der Waals surface area (Å²) in [5.74, 6) is 0.146. The zero-order valence-corrected chi connectivity index (χ0v) is 17.5. The molecule has 0 unspecified atom stereocenters. The molecule has 5 rings (SSSR count). The lowest BCUT2D eigenvalue weighted by atomic mass is 10.00. The average Bonchev–Trinajstić information content (AvgIpc) is 3.41. The van der Waals surface area contributed by atoms with Gasteiger partial charge in [-0.25, -0.2) is 14.6 Å². The zero-order valence-electron chi connectivity index (χ0n) is 16.6. The number of hydrogen-bond donors (Lipinski definition) is 1. The van der Waals surface area contributed by atoms with Crippen molar-refractivity contribution < 1.29 is 0 Å². The Balaban J connectivity index is 1.49. The minimum Gasteiger partial charge on any atom is -0.368 e. The minimum atomic E-state index is 0.146. The molecular weight excluding hydrogens is 406 g/mol. The van der Waals surface area contributed by atoms with E-state index in [4.69, 9.17) is 5.73 Å². The van der Waals surface area contributed by atoms with Gasteiger partial charge in [-0.15, -0.1) is 16.4 Å². The monoisotopic (exact) mass is 423 g/mol. The highest BCUT2D eigenvalue weighted by atomic mass is 32.1. The van der Waals surface area contributed by atoms with E-state index >= 15 is 0 Å². The van der Waals surface area contributed by atoms with Crippen molar-refractivity contribution in [2.75, 3.05) is 5.73 Å². The third kappa shape index (κ3) is 3.52. The van der Waals surface area contributed by atoms with Gasteiger partial charge in [-0.2, -0.15) is 5.26 Å². The number of fused-ring (bicyclic) bond motifs is 1. The number of rotatable bonds is 4. The summed E-state index contributed by atoms with van der Waals surface area (Å²) in [6, 6.07) is 17.9. The van der Waals surface area contributed by atoms with Crippen LogP contribution < -0.4 is 5.73 Å². The van der Waals surface area contributed by atoms with Crippen LogP contribution in [0.5, 0.6) is 0 Å². The Bertz CT molecular complexity index is 1460. The van der Waals surface area contributed by atoms with E-state index in [1.165, 1.54) is 15.6 Å². The minimum absolute atomic E-state index is 0.146. The molecule has 2 aromatic carbocycles. The fourth-order valence-electron chi connectivity index (χ4n) is 3.59. The van der Waals surface area contributed by atoms with Crippen molar-refractivity contribution in [3.8, 4) is 28.7 Å². The van der Waals surface area contributed by atoms with Crippen LogP contribution in [0.2, 0.25) is 0 Å². The Morgan fingerprint density at radius 2 is 1.90 bits per heavy atom. The third-order valence-corrected chi connectivity index (χ3v) is 6.18. The third-order valence-electron chi connectivity index (χ3n) is 5.17. The summed E-state index contributed by atoms with van der Waals surface area (Å²) < 4.78 is 3.05. The van der Waals surface area contributed by atoms with E-state index in [0.717, 1.165) is 11.1 Å². The standard InChI is InChI=1S/C23H17N7S/c1-14-15(10-24)5-4-7-17(14)19-9-20(27-23(25)26-19)21-12-30(29-28-21)11-16-13-31-22-8-3-2-6-18(16)22/h2-9,12-13H,11H2,1H3,(H2,25,26,27). The molecule has 3 heterocycles. The normalized spacial score (nSPS) is 11.0. The van der Waals surface area contributed by atoms with Gasteiger partial charge in [0.25, 0.3) is 0 Å². The van der Waals surface area contributed by atoms with Gasteiger partial charge in [0.2, 0.25) is 5.95 Å². The summed E-state index contributed by atoms with van der Waals surface area (Å²) in [4.78, 5) is 8.72. The van der Waals surface area contributed by atoms with Crippen molar-refractivity contribution in [1.29, 1.82) is 5.26 Å². The molecule has 7 nitrogen and oxygen atoms in total. The Labute approximate surface area is 182 Å². The summed E-state index contributed by atoms with van der Waals surface area (Å²) in [5, 5.41) is 21.3. The molecule has 0 saturated heterocycles. The number of benzene rings is 2. The highest BCUT2D eigenvalue weighted by molar-refractivity contribution is 7.17. The number of nitrogens with zero attached hydrogens (tertiary/aromatic N) is 6. The van der Waals surface area contributed by atoms with Crippen LogP contribution in [0.1, 0.15) is 16.7 Å². The van der Waals surface area contributed by atoms with Crippen LogP contribution in [0.3, 0.4) is 0 Å². The number of nitrogen functional groups attached to an aromatic ring is 1. The SMILES string of the molecule is Cc1c(C#N)cccc1-c1cc(-c2cn(Cc3csc4ccccc34)nn2)nc(N)n1. The summed E-state index contributed by atoms with van der Waals surface area (Å²) in [5.41, 5.74) is 11.3. The molecule has 150 valence electrons.